The fourth-order valence-electron chi connectivity index (χ4n) is 3.10. The third-order valence-electron chi connectivity index (χ3n) is 4.71. The molecule has 3 rings (SSSR count). The predicted molar refractivity (Wildman–Crippen MR) is 125 cm³/mol. The van der Waals surface area contributed by atoms with E-state index in [1.807, 2.05) is 25.3 Å². The van der Waals surface area contributed by atoms with Crippen LogP contribution in [0.2, 0.25) is 0 Å². The van der Waals surface area contributed by atoms with Gasteiger partial charge in [-0.15, -0.1) is 10.2 Å². The number of carbonyl (C=O) groups is 1. The van der Waals surface area contributed by atoms with Crippen LogP contribution in [0.5, 0.6) is 11.5 Å². The number of non-ortho nitro benzene ring substituents is 1. The molecule has 0 aliphatic rings. The molecule has 0 aliphatic heterocycles. The van der Waals surface area contributed by atoms with Gasteiger partial charge in [-0.3, -0.25) is 14.9 Å². The van der Waals surface area contributed by atoms with Crippen molar-refractivity contribution in [1.29, 1.82) is 0 Å². The molecule has 1 unspecified atom stereocenters. The summed E-state index contributed by atoms with van der Waals surface area (Å²) < 4.78 is 26.9. The summed E-state index contributed by atoms with van der Waals surface area (Å²) in [6, 6.07) is 10.1. The molecule has 0 radical (unpaired) electrons. The number of rotatable bonds is 10. The smallest absolute Gasteiger partial charge is 0.271 e. The van der Waals surface area contributed by atoms with Crippen LogP contribution < -0.4 is 14.8 Å². The second kappa shape index (κ2) is 11.0. The van der Waals surface area contributed by atoms with Gasteiger partial charge in [0.15, 0.2) is 17.1 Å². The van der Waals surface area contributed by atoms with E-state index < -0.39 is 22.8 Å². The van der Waals surface area contributed by atoms with Gasteiger partial charge in [-0.25, -0.2) is 4.39 Å². The lowest BCUT2D eigenvalue weighted by Crippen LogP contribution is -2.17. The molecule has 2 aromatic carbocycles. The highest BCUT2D eigenvalue weighted by Gasteiger charge is 2.22. The fraction of sp³-hybridized carbons (Fsp3) is 0.318. The third kappa shape index (κ3) is 6.01. The normalized spacial score (nSPS) is 11.8. The number of aromatic nitrogens is 3. The summed E-state index contributed by atoms with van der Waals surface area (Å²) >= 11 is 1.12. The molecule has 0 aliphatic carbocycles. The highest BCUT2D eigenvalue weighted by atomic mass is 32.2. The second-order valence-electron chi connectivity index (χ2n) is 7.50. The third-order valence-corrected chi connectivity index (χ3v) is 5.65. The zero-order valence-corrected chi connectivity index (χ0v) is 19.8. The van der Waals surface area contributed by atoms with Crippen LogP contribution in [0.25, 0.3) is 0 Å². The van der Waals surface area contributed by atoms with Gasteiger partial charge < -0.3 is 19.4 Å². The lowest BCUT2D eigenvalue weighted by atomic mass is 10.2. The molecule has 0 fully saturated rings. The van der Waals surface area contributed by atoms with Gasteiger partial charge in [0.1, 0.15) is 17.3 Å². The maximum atomic E-state index is 13.9. The maximum Gasteiger partial charge on any atom is 0.271 e. The fourth-order valence-corrected chi connectivity index (χ4v) is 3.97. The molecule has 1 N–H and O–H groups in total. The number of nitro benzene ring substituents is 1. The van der Waals surface area contributed by atoms with Crippen LogP contribution in [-0.4, -0.2) is 38.5 Å². The summed E-state index contributed by atoms with van der Waals surface area (Å²) in [5.74, 6) is 0.540. The van der Waals surface area contributed by atoms with Crippen LogP contribution in [0.15, 0.2) is 47.6 Å². The van der Waals surface area contributed by atoms with Gasteiger partial charge in [0.2, 0.25) is 5.91 Å². The van der Waals surface area contributed by atoms with Gasteiger partial charge in [0.05, 0.1) is 23.5 Å². The minimum atomic E-state index is -0.763. The molecular formula is C22H24FN5O5S. The van der Waals surface area contributed by atoms with E-state index >= 15 is 0 Å². The molecule has 3 aromatic rings. The number of hydrogen-bond donors (Lipinski definition) is 1. The molecule has 1 aromatic heterocycles. The Balaban J connectivity index is 1.69. The minimum Gasteiger partial charge on any atom is -0.497 e. The maximum absolute atomic E-state index is 13.9. The van der Waals surface area contributed by atoms with Crippen LogP contribution in [0.1, 0.15) is 38.7 Å². The van der Waals surface area contributed by atoms with E-state index in [1.165, 1.54) is 0 Å². The number of ether oxygens (including phenoxy) is 2. The SMILES string of the molecule is COc1ccc(OC(C)c2nnc(SCC(=O)Nc3cc([N+](=O)[O-])ccc3F)n2C(C)C)cc1. The molecule has 1 atom stereocenters. The van der Waals surface area contributed by atoms with Gasteiger partial charge in [0, 0.05) is 18.2 Å². The first-order valence-electron chi connectivity index (χ1n) is 10.3. The topological polar surface area (TPSA) is 121 Å². The van der Waals surface area contributed by atoms with E-state index in [9.17, 15) is 19.3 Å². The predicted octanol–water partition coefficient (Wildman–Crippen LogP) is 4.79. The number of methoxy groups -OCH3 is 1. The summed E-state index contributed by atoms with van der Waals surface area (Å²) in [5.41, 5.74) is -0.577. The van der Waals surface area contributed by atoms with Gasteiger partial charge in [-0.2, -0.15) is 0 Å². The summed E-state index contributed by atoms with van der Waals surface area (Å²) in [4.78, 5) is 22.6. The summed E-state index contributed by atoms with van der Waals surface area (Å²) in [6.07, 6.45) is -0.426. The number of anilines is 1. The van der Waals surface area contributed by atoms with Crippen LogP contribution in [-0.2, 0) is 4.79 Å². The quantitative estimate of drug-likeness (QED) is 0.245. The Morgan fingerprint density at radius 1 is 1.18 bits per heavy atom. The van der Waals surface area contributed by atoms with E-state index in [1.54, 1.807) is 31.4 Å². The van der Waals surface area contributed by atoms with Gasteiger partial charge >= 0.3 is 0 Å². The van der Waals surface area contributed by atoms with Crippen molar-refractivity contribution < 1.29 is 23.6 Å². The van der Waals surface area contributed by atoms with Crippen LogP contribution in [0.4, 0.5) is 15.8 Å². The van der Waals surface area contributed by atoms with E-state index in [0.717, 1.165) is 30.0 Å². The Kier molecular flexibility index (Phi) is 8.05. The Labute approximate surface area is 199 Å². The van der Waals surface area contributed by atoms with Crippen molar-refractivity contribution in [2.45, 2.75) is 38.1 Å². The van der Waals surface area contributed by atoms with Gasteiger partial charge in [0.25, 0.3) is 5.69 Å². The number of nitrogens with one attached hydrogen (secondary N) is 1. The molecule has 0 bridgehead atoms. The van der Waals surface area contributed by atoms with Crippen molar-refractivity contribution >= 4 is 29.0 Å². The largest absolute Gasteiger partial charge is 0.497 e. The molecule has 0 saturated heterocycles. The highest BCUT2D eigenvalue weighted by molar-refractivity contribution is 7.99. The van der Waals surface area contributed by atoms with Crippen molar-refractivity contribution in [2.75, 3.05) is 18.2 Å². The average molecular weight is 490 g/mol. The highest BCUT2D eigenvalue weighted by Crippen LogP contribution is 2.29. The number of amides is 1. The Morgan fingerprint density at radius 2 is 1.85 bits per heavy atom. The van der Waals surface area contributed by atoms with Crippen molar-refractivity contribution in [3.8, 4) is 11.5 Å². The zero-order chi connectivity index (χ0) is 24.8. The molecular weight excluding hydrogens is 465 g/mol. The van der Waals surface area contributed by atoms with Gasteiger partial charge in [-0.1, -0.05) is 11.8 Å². The molecule has 180 valence electrons. The van der Waals surface area contributed by atoms with E-state index in [4.69, 9.17) is 9.47 Å². The van der Waals surface area contributed by atoms with Crippen molar-refractivity contribution in [3.63, 3.8) is 0 Å². The van der Waals surface area contributed by atoms with Crippen molar-refractivity contribution in [3.05, 3.63) is 64.2 Å². The van der Waals surface area contributed by atoms with Crippen LogP contribution >= 0.6 is 11.8 Å². The molecule has 0 spiro atoms. The molecule has 1 amide bonds. The van der Waals surface area contributed by atoms with Gasteiger partial charge in [-0.05, 0) is 51.1 Å². The van der Waals surface area contributed by atoms with E-state index in [0.29, 0.717) is 22.5 Å². The average Bonchev–Trinajstić information content (AvgIpc) is 3.24. The monoisotopic (exact) mass is 489 g/mol. The van der Waals surface area contributed by atoms with E-state index in [-0.39, 0.29) is 23.2 Å². The molecule has 34 heavy (non-hydrogen) atoms. The summed E-state index contributed by atoms with van der Waals surface area (Å²) in [6.45, 7) is 5.75. The number of halogens is 1. The van der Waals surface area contributed by atoms with Crippen LogP contribution in [0.3, 0.4) is 0 Å². The first kappa shape index (κ1) is 25.0. The second-order valence-corrected chi connectivity index (χ2v) is 8.44. The Hall–Kier alpha value is -3.67. The molecule has 1 heterocycles. The first-order chi connectivity index (χ1) is 16.2. The number of thioether (sulfide) groups is 1. The summed E-state index contributed by atoms with van der Waals surface area (Å²) in [7, 11) is 1.59. The number of nitro groups is 1. The number of hydrogen-bond acceptors (Lipinski definition) is 8. The Bertz CT molecular complexity index is 1170. The molecule has 10 nitrogen and oxygen atoms in total. The lowest BCUT2D eigenvalue weighted by Gasteiger charge is -2.19. The lowest BCUT2D eigenvalue weighted by molar-refractivity contribution is -0.384. The Morgan fingerprint density at radius 3 is 2.47 bits per heavy atom. The van der Waals surface area contributed by atoms with Crippen LogP contribution in [0, 0.1) is 15.9 Å². The number of carbonyl (C=O) groups excluding carboxylic acids is 1. The van der Waals surface area contributed by atoms with E-state index in [2.05, 4.69) is 15.5 Å². The standard InChI is InChI=1S/C22H24FN5O5S/c1-13(2)27-21(14(3)33-17-8-6-16(32-4)7-9-17)25-26-22(27)34-12-20(29)24-19-11-15(28(30)31)5-10-18(19)23/h5-11,13-14H,12H2,1-4H3,(H,24,29). The minimum absolute atomic E-state index is 0.0216. The number of benzene rings is 2. The first-order valence-corrected chi connectivity index (χ1v) is 11.3. The van der Waals surface area contributed by atoms with Crippen molar-refractivity contribution in [1.82, 2.24) is 14.8 Å². The molecule has 12 heteroatoms. The zero-order valence-electron chi connectivity index (χ0n) is 19.0. The summed E-state index contributed by atoms with van der Waals surface area (Å²) in [5, 5.41) is 22.2. The molecule has 0 saturated carbocycles. The number of nitrogens with zero attached hydrogens (tertiary/aromatic N) is 4. The van der Waals surface area contributed by atoms with Crippen molar-refractivity contribution in [2.24, 2.45) is 0 Å².